The van der Waals surface area contributed by atoms with Crippen molar-refractivity contribution < 1.29 is 17.9 Å². The van der Waals surface area contributed by atoms with Crippen LogP contribution in [0.25, 0.3) is 11.0 Å². The molecular weight excluding hydrogens is 270 g/mol. The summed E-state index contributed by atoms with van der Waals surface area (Å²) >= 11 is 0. The third-order valence-corrected chi connectivity index (χ3v) is 4.88. The van der Waals surface area contributed by atoms with Crippen LogP contribution in [0.4, 0.5) is 0 Å². The molecule has 0 radical (unpaired) electrons. The lowest BCUT2D eigenvalue weighted by molar-refractivity contribution is 0.0548. The number of β-amino-alcohol motifs (C(OH)–C–C–N with tert-alkyl or cyclic N) is 1. The van der Waals surface area contributed by atoms with E-state index in [1.807, 2.05) is 0 Å². The van der Waals surface area contributed by atoms with Gasteiger partial charge in [0, 0.05) is 24.5 Å². The van der Waals surface area contributed by atoms with E-state index in [1.54, 1.807) is 0 Å². The number of nitrogens with zero attached hydrogens (tertiary/aromatic N) is 1. The van der Waals surface area contributed by atoms with E-state index >= 15 is 0 Å². The molecule has 7 heteroatoms. The molecule has 3 rings (SSSR count). The van der Waals surface area contributed by atoms with Gasteiger partial charge in [-0.3, -0.25) is 0 Å². The van der Waals surface area contributed by atoms with E-state index in [0.717, 1.165) is 0 Å². The normalized spacial score (nSPS) is 17.5. The van der Waals surface area contributed by atoms with Crippen molar-refractivity contribution >= 4 is 21.0 Å². The number of sulfonamides is 1. The molecule has 1 aromatic carbocycles. The summed E-state index contributed by atoms with van der Waals surface area (Å²) in [6, 6.07) is 7.07. The number of rotatable bonds is 2. The quantitative estimate of drug-likeness (QED) is 0.792. The molecule has 1 N–H and O–H groups in total. The van der Waals surface area contributed by atoms with Crippen LogP contribution in [0.3, 0.4) is 0 Å². The van der Waals surface area contributed by atoms with Crippen LogP contribution in [0.5, 0.6) is 0 Å². The summed E-state index contributed by atoms with van der Waals surface area (Å²) in [7, 11) is -3.58. The van der Waals surface area contributed by atoms with Gasteiger partial charge in [0.2, 0.25) is 10.0 Å². The van der Waals surface area contributed by atoms with E-state index in [2.05, 4.69) is 0 Å². The Balaban J connectivity index is 2.06. The maximum Gasteiger partial charge on any atom is 0.336 e. The van der Waals surface area contributed by atoms with Gasteiger partial charge in [-0.15, -0.1) is 0 Å². The lowest BCUT2D eigenvalue weighted by atomic mass is 10.2. The number of benzene rings is 1. The van der Waals surface area contributed by atoms with Crippen molar-refractivity contribution in [3.05, 3.63) is 40.8 Å². The van der Waals surface area contributed by atoms with Crippen LogP contribution in [0, 0.1) is 0 Å². The molecule has 0 atom stereocenters. The van der Waals surface area contributed by atoms with E-state index in [1.165, 1.54) is 34.6 Å². The summed E-state index contributed by atoms with van der Waals surface area (Å²) in [5.74, 6) is 0. The highest BCUT2D eigenvalue weighted by Crippen LogP contribution is 2.24. The molecule has 0 spiro atoms. The second-order valence-electron chi connectivity index (χ2n) is 4.43. The van der Waals surface area contributed by atoms with Gasteiger partial charge in [0.25, 0.3) is 0 Å². The summed E-state index contributed by atoms with van der Waals surface area (Å²) < 4.78 is 30.5. The molecular formula is C12H11NO5S. The van der Waals surface area contributed by atoms with Crippen molar-refractivity contribution in [1.29, 1.82) is 0 Å². The van der Waals surface area contributed by atoms with Crippen molar-refractivity contribution in [3.63, 3.8) is 0 Å². The van der Waals surface area contributed by atoms with Crippen molar-refractivity contribution in [2.24, 2.45) is 0 Å². The summed E-state index contributed by atoms with van der Waals surface area (Å²) in [5.41, 5.74) is -0.135. The molecule has 0 aliphatic carbocycles. The number of fused-ring (bicyclic) bond motifs is 1. The fourth-order valence-electron chi connectivity index (χ4n) is 1.97. The van der Waals surface area contributed by atoms with Crippen molar-refractivity contribution in [3.8, 4) is 0 Å². The first-order chi connectivity index (χ1) is 8.96. The molecule has 1 fully saturated rings. The Morgan fingerprint density at radius 2 is 1.95 bits per heavy atom. The van der Waals surface area contributed by atoms with Gasteiger partial charge >= 0.3 is 5.63 Å². The topological polar surface area (TPSA) is 87.8 Å². The minimum absolute atomic E-state index is 0.115. The molecule has 0 unspecified atom stereocenters. The largest absolute Gasteiger partial charge is 0.423 e. The predicted octanol–water partition coefficient (Wildman–Crippen LogP) is 0.158. The van der Waals surface area contributed by atoms with Gasteiger partial charge < -0.3 is 9.52 Å². The third-order valence-electron chi connectivity index (χ3n) is 3.06. The molecule has 0 saturated carbocycles. The summed E-state index contributed by atoms with van der Waals surface area (Å²) in [4.78, 5) is 11.2. The molecule has 2 heterocycles. The fourth-order valence-corrected chi connectivity index (χ4v) is 3.52. The molecule has 0 bridgehead atoms. The van der Waals surface area contributed by atoms with Crippen LogP contribution in [0.2, 0.25) is 0 Å². The first-order valence-electron chi connectivity index (χ1n) is 5.69. The molecule has 1 aromatic heterocycles. The van der Waals surface area contributed by atoms with Gasteiger partial charge in [-0.25, -0.2) is 13.2 Å². The Morgan fingerprint density at radius 1 is 1.21 bits per heavy atom. The summed E-state index contributed by atoms with van der Waals surface area (Å²) in [6.45, 7) is 0.231. The minimum atomic E-state index is -3.58. The smallest absolute Gasteiger partial charge is 0.336 e. The number of hydrogen-bond acceptors (Lipinski definition) is 5. The molecule has 0 amide bonds. The molecule has 1 aliphatic heterocycles. The number of aliphatic hydroxyl groups excluding tert-OH is 1. The zero-order valence-corrected chi connectivity index (χ0v) is 10.6. The Kier molecular flexibility index (Phi) is 2.70. The zero-order valence-electron chi connectivity index (χ0n) is 9.81. The van der Waals surface area contributed by atoms with Crippen molar-refractivity contribution in [2.45, 2.75) is 11.0 Å². The van der Waals surface area contributed by atoms with Crippen LogP contribution in [0.1, 0.15) is 0 Å². The highest BCUT2D eigenvalue weighted by atomic mass is 32.2. The van der Waals surface area contributed by atoms with Crippen molar-refractivity contribution in [2.75, 3.05) is 13.1 Å². The Hall–Kier alpha value is -1.70. The van der Waals surface area contributed by atoms with Gasteiger partial charge in [-0.05, 0) is 24.3 Å². The van der Waals surface area contributed by atoms with Gasteiger partial charge in [-0.2, -0.15) is 4.31 Å². The van der Waals surface area contributed by atoms with Gasteiger partial charge in [0.1, 0.15) is 5.58 Å². The van der Waals surface area contributed by atoms with Crippen LogP contribution >= 0.6 is 0 Å². The monoisotopic (exact) mass is 281 g/mol. The van der Waals surface area contributed by atoms with Crippen molar-refractivity contribution in [1.82, 2.24) is 4.31 Å². The highest BCUT2D eigenvalue weighted by Gasteiger charge is 2.35. The first kappa shape index (κ1) is 12.3. The highest BCUT2D eigenvalue weighted by molar-refractivity contribution is 7.89. The standard InChI is InChI=1S/C12H11NO5S/c14-9-6-13(7-9)19(16,17)10-2-3-11-8(5-10)1-4-12(15)18-11/h1-5,9,14H,6-7H2. The van der Waals surface area contributed by atoms with Gasteiger partial charge in [0.15, 0.2) is 0 Å². The maximum absolute atomic E-state index is 12.2. The zero-order chi connectivity index (χ0) is 13.6. The summed E-state index contributed by atoms with van der Waals surface area (Å²) in [5, 5.41) is 9.72. The average Bonchev–Trinajstić information content (AvgIpc) is 2.34. The molecule has 1 aliphatic rings. The van der Waals surface area contributed by atoms with Crippen LogP contribution in [-0.2, 0) is 10.0 Å². The second kappa shape index (κ2) is 4.16. The van der Waals surface area contributed by atoms with E-state index in [4.69, 9.17) is 4.42 Å². The van der Waals surface area contributed by atoms with E-state index < -0.39 is 21.8 Å². The predicted molar refractivity (Wildman–Crippen MR) is 67.2 cm³/mol. The van der Waals surface area contributed by atoms with E-state index in [9.17, 15) is 18.3 Å². The average molecular weight is 281 g/mol. The van der Waals surface area contributed by atoms with Crippen LogP contribution in [-0.4, -0.2) is 37.0 Å². The Labute approximate surface area is 108 Å². The fraction of sp³-hybridized carbons (Fsp3) is 0.250. The molecule has 6 nitrogen and oxygen atoms in total. The maximum atomic E-state index is 12.2. The second-order valence-corrected chi connectivity index (χ2v) is 6.37. The lowest BCUT2D eigenvalue weighted by Gasteiger charge is -2.34. The van der Waals surface area contributed by atoms with E-state index in [-0.39, 0.29) is 18.0 Å². The molecule has 100 valence electrons. The summed E-state index contributed by atoms with van der Waals surface area (Å²) in [6.07, 6.45) is -0.590. The number of hydrogen-bond donors (Lipinski definition) is 1. The third kappa shape index (κ3) is 2.05. The number of aliphatic hydroxyl groups is 1. The van der Waals surface area contributed by atoms with Crippen LogP contribution < -0.4 is 5.63 Å². The minimum Gasteiger partial charge on any atom is -0.423 e. The van der Waals surface area contributed by atoms with Gasteiger partial charge in [-0.1, -0.05) is 0 Å². The lowest BCUT2D eigenvalue weighted by Crippen LogP contribution is -2.53. The Bertz CT molecular complexity index is 789. The SMILES string of the molecule is O=c1ccc2cc(S(=O)(=O)N3CC(O)C3)ccc2o1. The molecule has 2 aromatic rings. The first-order valence-corrected chi connectivity index (χ1v) is 7.13. The van der Waals surface area contributed by atoms with E-state index in [0.29, 0.717) is 11.0 Å². The molecule has 1 saturated heterocycles. The molecule has 19 heavy (non-hydrogen) atoms. The van der Waals surface area contributed by atoms with Gasteiger partial charge in [0.05, 0.1) is 11.0 Å². The van der Waals surface area contributed by atoms with Crippen LogP contribution in [0.15, 0.2) is 44.4 Å². The Morgan fingerprint density at radius 3 is 2.63 bits per heavy atom.